The highest BCUT2D eigenvalue weighted by Crippen LogP contribution is 2.42. The minimum absolute atomic E-state index is 0.00816. The molecule has 2 unspecified atom stereocenters. The van der Waals surface area contributed by atoms with Crippen molar-refractivity contribution in [2.24, 2.45) is 5.92 Å². The summed E-state index contributed by atoms with van der Waals surface area (Å²) in [6.45, 7) is 9.99. The number of esters is 2. The molecule has 0 aliphatic carbocycles. The SMILES string of the molecule is C=C(C)C(=O)O[C@H]1C[C@@]2(C)OC(=CC2=O)/C(CO)=C\C2OC(=O)C(=C)C21. The van der Waals surface area contributed by atoms with Crippen molar-refractivity contribution in [3.8, 4) is 0 Å². The Morgan fingerprint density at radius 1 is 1.46 bits per heavy atom. The molecule has 0 aromatic heterocycles. The van der Waals surface area contributed by atoms with Crippen LogP contribution >= 0.6 is 0 Å². The molecular formula is C19H20O7. The Labute approximate surface area is 150 Å². The van der Waals surface area contributed by atoms with E-state index in [4.69, 9.17) is 14.2 Å². The number of carbonyl (C=O) groups is 3. The van der Waals surface area contributed by atoms with Crippen LogP contribution in [0, 0.1) is 5.92 Å². The zero-order chi connectivity index (χ0) is 19.2. The normalized spacial score (nSPS) is 35.0. The second-order valence-corrected chi connectivity index (χ2v) is 6.90. The van der Waals surface area contributed by atoms with Gasteiger partial charge in [-0.05, 0) is 19.9 Å². The summed E-state index contributed by atoms with van der Waals surface area (Å²) in [4.78, 5) is 36.6. The molecule has 3 heterocycles. The number of hydrogen-bond acceptors (Lipinski definition) is 7. The molecule has 0 saturated carbocycles. The quantitative estimate of drug-likeness (QED) is 0.595. The minimum Gasteiger partial charge on any atom is -0.479 e. The molecule has 0 amide bonds. The van der Waals surface area contributed by atoms with E-state index in [0.29, 0.717) is 5.57 Å². The van der Waals surface area contributed by atoms with Gasteiger partial charge in [-0.15, -0.1) is 0 Å². The molecule has 1 N–H and O–H groups in total. The van der Waals surface area contributed by atoms with Crippen LogP contribution in [-0.2, 0) is 28.6 Å². The average Bonchev–Trinajstić information content (AvgIpc) is 3.01. The van der Waals surface area contributed by atoms with Gasteiger partial charge in [0.1, 0.15) is 18.0 Å². The van der Waals surface area contributed by atoms with Gasteiger partial charge in [0.25, 0.3) is 0 Å². The fourth-order valence-electron chi connectivity index (χ4n) is 3.35. The standard InChI is InChI=1S/C19H20O7/c1-9(2)17(22)25-14-7-19(4)15(21)6-12(26-19)11(8-20)5-13-16(14)10(3)18(23)24-13/h5-6,13-14,16,20H,1,3,7-8H2,2,4H3/b11-5-/t13?,14-,16?,19+/m0/s1. The summed E-state index contributed by atoms with van der Waals surface area (Å²) in [5.74, 6) is -2.03. The molecule has 2 bridgehead atoms. The number of carbonyl (C=O) groups excluding carboxylic acids is 3. The van der Waals surface area contributed by atoms with E-state index < -0.39 is 42.3 Å². The molecule has 3 rings (SSSR count). The van der Waals surface area contributed by atoms with Gasteiger partial charge in [-0.1, -0.05) is 13.2 Å². The number of rotatable bonds is 3. The maximum Gasteiger partial charge on any atom is 0.334 e. The highest BCUT2D eigenvalue weighted by Gasteiger charge is 2.52. The van der Waals surface area contributed by atoms with E-state index in [-0.39, 0.29) is 29.1 Å². The first-order chi connectivity index (χ1) is 12.2. The van der Waals surface area contributed by atoms with Crippen LogP contribution in [0.5, 0.6) is 0 Å². The van der Waals surface area contributed by atoms with Crippen LogP contribution in [0.2, 0.25) is 0 Å². The number of ketones is 1. The fourth-order valence-corrected chi connectivity index (χ4v) is 3.35. The monoisotopic (exact) mass is 360 g/mol. The highest BCUT2D eigenvalue weighted by molar-refractivity contribution is 6.00. The number of fused-ring (bicyclic) bond motifs is 3. The molecule has 0 radical (unpaired) electrons. The van der Waals surface area contributed by atoms with Crippen LogP contribution < -0.4 is 0 Å². The van der Waals surface area contributed by atoms with Gasteiger partial charge in [0, 0.05) is 29.2 Å². The van der Waals surface area contributed by atoms with E-state index in [1.807, 2.05) is 0 Å². The van der Waals surface area contributed by atoms with E-state index in [0.717, 1.165) is 0 Å². The Morgan fingerprint density at radius 3 is 2.77 bits per heavy atom. The summed E-state index contributed by atoms with van der Waals surface area (Å²) in [7, 11) is 0. The van der Waals surface area contributed by atoms with Gasteiger partial charge in [-0.25, -0.2) is 9.59 Å². The van der Waals surface area contributed by atoms with Crippen LogP contribution in [0.1, 0.15) is 20.3 Å². The zero-order valence-electron chi connectivity index (χ0n) is 14.6. The second kappa shape index (κ2) is 6.25. The first kappa shape index (κ1) is 18.1. The van der Waals surface area contributed by atoms with Crippen molar-refractivity contribution in [3.63, 3.8) is 0 Å². The van der Waals surface area contributed by atoms with Gasteiger partial charge in [-0.3, -0.25) is 4.79 Å². The molecule has 1 saturated heterocycles. The molecule has 138 valence electrons. The summed E-state index contributed by atoms with van der Waals surface area (Å²) >= 11 is 0. The van der Waals surface area contributed by atoms with Crippen LogP contribution in [-0.4, -0.2) is 47.2 Å². The third-order valence-electron chi connectivity index (χ3n) is 4.83. The molecule has 7 heteroatoms. The van der Waals surface area contributed by atoms with Crippen molar-refractivity contribution in [2.45, 2.75) is 38.1 Å². The lowest BCUT2D eigenvalue weighted by Crippen LogP contribution is -2.42. The Bertz CT molecular complexity index is 788. The Balaban J connectivity index is 2.09. The van der Waals surface area contributed by atoms with Gasteiger partial charge < -0.3 is 19.3 Å². The third-order valence-corrected chi connectivity index (χ3v) is 4.83. The van der Waals surface area contributed by atoms with E-state index in [1.165, 1.54) is 19.1 Å². The predicted molar refractivity (Wildman–Crippen MR) is 89.6 cm³/mol. The minimum atomic E-state index is -1.29. The molecule has 4 atom stereocenters. The van der Waals surface area contributed by atoms with Gasteiger partial charge in [0.15, 0.2) is 5.60 Å². The van der Waals surface area contributed by atoms with Crippen molar-refractivity contribution < 1.29 is 33.7 Å². The van der Waals surface area contributed by atoms with Crippen LogP contribution in [0.25, 0.3) is 0 Å². The number of aliphatic hydroxyl groups is 1. The van der Waals surface area contributed by atoms with Gasteiger partial charge in [0.05, 0.1) is 12.5 Å². The molecular weight excluding hydrogens is 340 g/mol. The largest absolute Gasteiger partial charge is 0.479 e. The van der Waals surface area contributed by atoms with Crippen LogP contribution in [0.4, 0.5) is 0 Å². The van der Waals surface area contributed by atoms with E-state index in [9.17, 15) is 19.5 Å². The van der Waals surface area contributed by atoms with Crippen LogP contribution in [0.3, 0.4) is 0 Å². The van der Waals surface area contributed by atoms with Crippen molar-refractivity contribution in [1.82, 2.24) is 0 Å². The maximum atomic E-state index is 12.5. The average molecular weight is 360 g/mol. The van der Waals surface area contributed by atoms with Crippen molar-refractivity contribution >= 4 is 17.7 Å². The topological polar surface area (TPSA) is 99.1 Å². The van der Waals surface area contributed by atoms with E-state index in [1.54, 1.807) is 6.92 Å². The Morgan fingerprint density at radius 2 is 2.15 bits per heavy atom. The fraction of sp³-hybridized carbons (Fsp3) is 0.421. The second-order valence-electron chi connectivity index (χ2n) is 6.90. The summed E-state index contributed by atoms with van der Waals surface area (Å²) in [5, 5.41) is 9.67. The van der Waals surface area contributed by atoms with Crippen molar-refractivity contribution in [3.05, 3.63) is 47.8 Å². The van der Waals surface area contributed by atoms with E-state index in [2.05, 4.69) is 13.2 Å². The first-order valence-electron chi connectivity index (χ1n) is 8.19. The molecule has 0 aromatic carbocycles. The summed E-state index contributed by atoms with van der Waals surface area (Å²) in [6, 6.07) is 0. The molecule has 3 aliphatic heterocycles. The molecule has 0 spiro atoms. The molecule has 1 fully saturated rings. The number of hydrogen-bond donors (Lipinski definition) is 1. The van der Waals surface area contributed by atoms with E-state index >= 15 is 0 Å². The molecule has 0 aromatic rings. The molecule has 26 heavy (non-hydrogen) atoms. The Kier molecular flexibility index (Phi) is 4.36. The first-order valence-corrected chi connectivity index (χ1v) is 8.19. The van der Waals surface area contributed by atoms with Gasteiger partial charge >= 0.3 is 11.9 Å². The van der Waals surface area contributed by atoms with Gasteiger partial charge in [0.2, 0.25) is 5.78 Å². The van der Waals surface area contributed by atoms with Crippen LogP contribution in [0.15, 0.2) is 47.8 Å². The highest BCUT2D eigenvalue weighted by atomic mass is 16.6. The molecule has 3 aliphatic rings. The smallest absolute Gasteiger partial charge is 0.334 e. The lowest BCUT2D eigenvalue weighted by molar-refractivity contribution is -0.153. The summed E-state index contributed by atoms with van der Waals surface area (Å²) < 4.78 is 16.6. The van der Waals surface area contributed by atoms with Crippen molar-refractivity contribution in [2.75, 3.05) is 6.61 Å². The third kappa shape index (κ3) is 2.88. The lowest BCUT2D eigenvalue weighted by atomic mass is 9.82. The summed E-state index contributed by atoms with van der Waals surface area (Å²) in [5.41, 5.74) is -0.631. The number of ether oxygens (including phenoxy) is 3. The van der Waals surface area contributed by atoms with Crippen molar-refractivity contribution in [1.29, 1.82) is 0 Å². The molecule has 7 nitrogen and oxygen atoms in total. The summed E-state index contributed by atoms with van der Waals surface area (Å²) in [6.07, 6.45) is 1.14. The number of aliphatic hydroxyl groups excluding tert-OH is 1. The Hall–Kier alpha value is -2.67. The predicted octanol–water partition coefficient (Wildman–Crippen LogP) is 1.14. The maximum absolute atomic E-state index is 12.5. The van der Waals surface area contributed by atoms with Gasteiger partial charge in [-0.2, -0.15) is 0 Å². The zero-order valence-corrected chi connectivity index (χ0v) is 14.6. The lowest BCUT2D eigenvalue weighted by Gasteiger charge is -2.31.